The van der Waals surface area contributed by atoms with Crippen LogP contribution in [0.1, 0.15) is 113 Å². The van der Waals surface area contributed by atoms with Crippen LogP contribution >= 0.6 is 0 Å². The normalized spacial score (nSPS) is 46.8. The van der Waals surface area contributed by atoms with Crippen molar-refractivity contribution in [2.75, 3.05) is 0 Å². The number of aliphatic hydroxyl groups is 1. The Labute approximate surface area is 203 Å². The van der Waals surface area contributed by atoms with Gasteiger partial charge < -0.3 is 9.84 Å². The molecule has 4 rings (SSSR count). The summed E-state index contributed by atoms with van der Waals surface area (Å²) in [6.07, 6.45) is 11.9. The average Bonchev–Trinajstić information content (AvgIpc) is 3.07. The molecule has 4 fully saturated rings. The van der Waals surface area contributed by atoms with Crippen molar-refractivity contribution in [2.24, 2.45) is 58.2 Å². The van der Waals surface area contributed by atoms with Gasteiger partial charge in [-0.25, -0.2) is 0 Å². The van der Waals surface area contributed by atoms with Gasteiger partial charge in [-0.3, -0.25) is 4.79 Å². The first kappa shape index (κ1) is 25.5. The molecule has 0 bridgehead atoms. The van der Waals surface area contributed by atoms with Crippen molar-refractivity contribution in [3.05, 3.63) is 0 Å². The molecule has 0 spiro atoms. The number of hydrogen-bond donors (Lipinski definition) is 1. The predicted octanol–water partition coefficient (Wildman–Crippen LogP) is 7.26. The van der Waals surface area contributed by atoms with Crippen LogP contribution in [0.2, 0.25) is 0 Å². The molecule has 4 aliphatic carbocycles. The van der Waals surface area contributed by atoms with Crippen molar-refractivity contribution in [3.8, 4) is 0 Å². The Morgan fingerprint density at radius 2 is 1.73 bits per heavy atom. The number of aliphatic hydroxyl groups excluding tert-OH is 1. The largest absolute Gasteiger partial charge is 0.463 e. The molecule has 11 atom stereocenters. The third kappa shape index (κ3) is 4.54. The Morgan fingerprint density at radius 1 is 1.00 bits per heavy atom. The van der Waals surface area contributed by atoms with Gasteiger partial charge in [0, 0.05) is 6.92 Å². The number of ether oxygens (including phenoxy) is 1. The summed E-state index contributed by atoms with van der Waals surface area (Å²) in [4.78, 5) is 11.5. The van der Waals surface area contributed by atoms with Crippen molar-refractivity contribution >= 4 is 5.97 Å². The lowest BCUT2D eigenvalue weighted by molar-refractivity contribution is -0.186. The molecule has 0 heterocycles. The van der Waals surface area contributed by atoms with E-state index < -0.39 is 0 Å². The first-order valence-corrected chi connectivity index (χ1v) is 14.3. The van der Waals surface area contributed by atoms with Crippen LogP contribution in [-0.4, -0.2) is 23.3 Å². The Hall–Kier alpha value is -0.570. The molecular formula is C30H52O3. The summed E-state index contributed by atoms with van der Waals surface area (Å²) < 4.78 is 5.63. The molecule has 0 aliphatic heterocycles. The summed E-state index contributed by atoms with van der Waals surface area (Å²) in [6.45, 7) is 16.2. The molecule has 0 amide bonds. The van der Waals surface area contributed by atoms with Gasteiger partial charge in [-0.1, -0.05) is 54.4 Å². The van der Waals surface area contributed by atoms with E-state index in [0.717, 1.165) is 55.3 Å². The van der Waals surface area contributed by atoms with E-state index in [2.05, 4.69) is 41.5 Å². The third-order valence-electron chi connectivity index (χ3n) is 11.9. The lowest BCUT2D eigenvalue weighted by Gasteiger charge is -2.62. The molecule has 3 nitrogen and oxygen atoms in total. The van der Waals surface area contributed by atoms with E-state index in [4.69, 9.17) is 4.74 Å². The van der Waals surface area contributed by atoms with Gasteiger partial charge in [0.25, 0.3) is 0 Å². The lowest BCUT2D eigenvalue weighted by Crippen LogP contribution is -2.59. The molecule has 0 aromatic rings. The predicted molar refractivity (Wildman–Crippen MR) is 135 cm³/mol. The van der Waals surface area contributed by atoms with Crippen LogP contribution in [0.25, 0.3) is 0 Å². The first-order chi connectivity index (χ1) is 15.5. The van der Waals surface area contributed by atoms with Crippen LogP contribution in [0.3, 0.4) is 0 Å². The second-order valence-corrected chi connectivity index (χ2v) is 13.8. The van der Waals surface area contributed by atoms with E-state index in [1.807, 2.05) is 0 Å². The standard InChI is InChI=1S/C30H52O3/c1-18(2)19(3)8-9-20(4)25-12-13-26-24-11-10-22-16-23(33-21(5)31)14-15-29(22,6)28(24)27(32)17-30(25,26)7/h18-20,22-28,32H,8-17H2,1-7H3/t19-,20+,22-,23+,24+,25-,26+,27+,28-,29-,30+/m0/s1. The number of carbonyl (C=O) groups is 1. The van der Waals surface area contributed by atoms with Gasteiger partial charge >= 0.3 is 5.97 Å². The van der Waals surface area contributed by atoms with Crippen molar-refractivity contribution in [1.82, 2.24) is 0 Å². The highest BCUT2D eigenvalue weighted by Crippen LogP contribution is 2.68. The number of esters is 1. The monoisotopic (exact) mass is 460 g/mol. The van der Waals surface area contributed by atoms with Crippen LogP contribution in [-0.2, 0) is 9.53 Å². The molecular weight excluding hydrogens is 408 g/mol. The van der Waals surface area contributed by atoms with E-state index in [0.29, 0.717) is 23.2 Å². The van der Waals surface area contributed by atoms with Gasteiger partial charge in [0.2, 0.25) is 0 Å². The topological polar surface area (TPSA) is 46.5 Å². The Kier molecular flexibility index (Phi) is 7.33. The summed E-state index contributed by atoms with van der Waals surface area (Å²) in [5, 5.41) is 11.7. The molecule has 190 valence electrons. The van der Waals surface area contributed by atoms with Gasteiger partial charge in [0.15, 0.2) is 0 Å². The second kappa shape index (κ2) is 9.47. The number of fused-ring (bicyclic) bond motifs is 5. The maximum atomic E-state index is 11.7. The highest BCUT2D eigenvalue weighted by atomic mass is 16.5. The van der Waals surface area contributed by atoms with Gasteiger partial charge in [-0.15, -0.1) is 0 Å². The fourth-order valence-corrected chi connectivity index (χ4v) is 9.72. The molecule has 0 aromatic heterocycles. The van der Waals surface area contributed by atoms with Crippen LogP contribution in [0.4, 0.5) is 0 Å². The maximum Gasteiger partial charge on any atom is 0.302 e. The SMILES string of the molecule is CC(=O)O[C@@H]1CC[C@@]2(C)[C@@H](CC[C@H]3[C@H]2[C@H](O)C[C@@]2(C)[C@@H]3CC[C@H]2[C@H](C)CC[C@H](C)C(C)C)C1. The highest BCUT2D eigenvalue weighted by molar-refractivity contribution is 5.66. The average molecular weight is 461 g/mol. The fourth-order valence-electron chi connectivity index (χ4n) is 9.72. The Bertz CT molecular complexity index is 703. The number of rotatable bonds is 6. The maximum absolute atomic E-state index is 11.7. The molecule has 33 heavy (non-hydrogen) atoms. The lowest BCUT2D eigenvalue weighted by atomic mass is 9.43. The fraction of sp³-hybridized carbons (Fsp3) is 0.967. The molecule has 3 heteroatoms. The van der Waals surface area contributed by atoms with E-state index in [1.165, 1.54) is 45.4 Å². The molecule has 0 aromatic carbocycles. The van der Waals surface area contributed by atoms with Crippen molar-refractivity contribution in [1.29, 1.82) is 0 Å². The summed E-state index contributed by atoms with van der Waals surface area (Å²) in [6, 6.07) is 0. The number of carbonyl (C=O) groups excluding carboxylic acids is 1. The van der Waals surface area contributed by atoms with Gasteiger partial charge in [-0.2, -0.15) is 0 Å². The third-order valence-corrected chi connectivity index (χ3v) is 11.9. The van der Waals surface area contributed by atoms with Crippen LogP contribution < -0.4 is 0 Å². The van der Waals surface area contributed by atoms with E-state index >= 15 is 0 Å². The van der Waals surface area contributed by atoms with E-state index in [1.54, 1.807) is 0 Å². The minimum Gasteiger partial charge on any atom is -0.463 e. The van der Waals surface area contributed by atoms with Crippen molar-refractivity contribution in [2.45, 2.75) is 125 Å². The second-order valence-electron chi connectivity index (χ2n) is 13.8. The zero-order valence-corrected chi connectivity index (χ0v) is 22.6. The summed E-state index contributed by atoms with van der Waals surface area (Å²) in [7, 11) is 0. The number of hydrogen-bond acceptors (Lipinski definition) is 3. The quantitative estimate of drug-likeness (QED) is 0.424. The summed E-state index contributed by atoms with van der Waals surface area (Å²) >= 11 is 0. The molecule has 1 N–H and O–H groups in total. The van der Waals surface area contributed by atoms with E-state index in [9.17, 15) is 9.90 Å². The molecule has 4 saturated carbocycles. The zero-order valence-electron chi connectivity index (χ0n) is 22.6. The minimum absolute atomic E-state index is 0.0908. The highest BCUT2D eigenvalue weighted by Gasteiger charge is 2.63. The summed E-state index contributed by atoms with van der Waals surface area (Å²) in [5.41, 5.74) is 0.510. The molecule has 4 aliphatic rings. The van der Waals surface area contributed by atoms with Crippen LogP contribution in [0.5, 0.6) is 0 Å². The Balaban J connectivity index is 1.48. The summed E-state index contributed by atoms with van der Waals surface area (Å²) in [5.74, 6) is 5.44. The zero-order chi connectivity index (χ0) is 24.1. The van der Waals surface area contributed by atoms with Crippen LogP contribution in [0, 0.1) is 58.2 Å². The minimum atomic E-state index is -0.170. The van der Waals surface area contributed by atoms with Crippen molar-refractivity contribution < 1.29 is 14.6 Å². The molecule has 0 saturated heterocycles. The van der Waals surface area contributed by atoms with Crippen molar-refractivity contribution in [3.63, 3.8) is 0 Å². The first-order valence-electron chi connectivity index (χ1n) is 14.3. The Morgan fingerprint density at radius 3 is 2.39 bits per heavy atom. The smallest absolute Gasteiger partial charge is 0.302 e. The van der Waals surface area contributed by atoms with Gasteiger partial charge in [-0.05, 0) is 110 Å². The molecule has 0 unspecified atom stereocenters. The van der Waals surface area contributed by atoms with E-state index in [-0.39, 0.29) is 23.6 Å². The van der Waals surface area contributed by atoms with Crippen LogP contribution in [0.15, 0.2) is 0 Å². The molecule has 0 radical (unpaired) electrons. The van der Waals surface area contributed by atoms with Gasteiger partial charge in [0.1, 0.15) is 6.10 Å². The van der Waals surface area contributed by atoms with Gasteiger partial charge in [0.05, 0.1) is 6.10 Å².